The van der Waals surface area contributed by atoms with Gasteiger partial charge in [0.25, 0.3) is 11.8 Å². The minimum atomic E-state index is -1.06. The number of carbonyl (C=O) groups is 5. The molecule has 2 heterocycles. The number of nitrogens with one attached hydrogen (secondary N) is 2. The van der Waals surface area contributed by atoms with Gasteiger partial charge in [0.2, 0.25) is 11.7 Å². The van der Waals surface area contributed by atoms with Crippen molar-refractivity contribution in [2.24, 2.45) is 5.92 Å². The molecule has 0 saturated carbocycles. The number of benzene rings is 2. The van der Waals surface area contributed by atoms with Gasteiger partial charge in [0.15, 0.2) is 11.5 Å². The van der Waals surface area contributed by atoms with E-state index in [0.717, 1.165) is 17.4 Å². The van der Waals surface area contributed by atoms with E-state index in [0.29, 0.717) is 12.8 Å². The van der Waals surface area contributed by atoms with Crippen LogP contribution < -0.4 is 10.6 Å². The van der Waals surface area contributed by atoms with Crippen molar-refractivity contribution < 1.29 is 33.1 Å². The van der Waals surface area contributed by atoms with Gasteiger partial charge in [-0.3, -0.25) is 19.2 Å². The Bertz CT molecular complexity index is 1420. The fourth-order valence-corrected chi connectivity index (χ4v) is 4.71. The lowest BCUT2D eigenvalue weighted by atomic mass is 9.99. The normalized spacial score (nSPS) is 14.3. The Labute approximate surface area is 250 Å². The third-order valence-electron chi connectivity index (χ3n) is 6.97. The molecule has 0 aliphatic carbocycles. The van der Waals surface area contributed by atoms with Crippen LogP contribution in [0.3, 0.4) is 0 Å². The SMILES string of the molecule is CC(C)CC(NC(=O)OCc1ccccc1)C(=O)NC(CCc1ccccc1)C(=O)c1nc(C(=O)N2CCC(=O)C2)co1. The van der Waals surface area contributed by atoms with Gasteiger partial charge < -0.3 is 24.7 Å². The standard InChI is InChI=1S/C32H36N4O7/c1-21(2)17-26(35-32(41)43-19-23-11-7-4-8-12-23)29(39)33-25(14-13-22-9-5-3-6-10-22)28(38)30-34-27(20-42-30)31(40)36-16-15-24(37)18-36/h3-12,20-21,25-26H,13-19H2,1-2H3,(H,33,39)(H,35,41). The summed E-state index contributed by atoms with van der Waals surface area (Å²) in [5, 5.41) is 5.40. The summed E-state index contributed by atoms with van der Waals surface area (Å²) in [5.74, 6) is -2.02. The molecule has 2 unspecified atom stereocenters. The van der Waals surface area contributed by atoms with Gasteiger partial charge in [-0.05, 0) is 36.3 Å². The summed E-state index contributed by atoms with van der Waals surface area (Å²) in [4.78, 5) is 69.5. The first-order chi connectivity index (χ1) is 20.7. The topological polar surface area (TPSA) is 148 Å². The van der Waals surface area contributed by atoms with Crippen molar-refractivity contribution in [3.63, 3.8) is 0 Å². The van der Waals surface area contributed by atoms with Gasteiger partial charge in [0.1, 0.15) is 18.9 Å². The molecular formula is C32H36N4O7. The minimum Gasteiger partial charge on any atom is -0.445 e. The zero-order valence-corrected chi connectivity index (χ0v) is 24.3. The summed E-state index contributed by atoms with van der Waals surface area (Å²) in [6.45, 7) is 4.13. The highest BCUT2D eigenvalue weighted by atomic mass is 16.5. The fraction of sp³-hybridized carbons (Fsp3) is 0.375. The number of nitrogens with zero attached hydrogens (tertiary/aromatic N) is 2. The highest BCUT2D eigenvalue weighted by Crippen LogP contribution is 2.15. The zero-order valence-electron chi connectivity index (χ0n) is 24.3. The van der Waals surface area contributed by atoms with Crippen molar-refractivity contribution in [2.75, 3.05) is 13.1 Å². The Morgan fingerprint density at radius 3 is 2.26 bits per heavy atom. The van der Waals surface area contributed by atoms with Gasteiger partial charge in [-0.1, -0.05) is 74.5 Å². The van der Waals surface area contributed by atoms with Crippen LogP contribution in [-0.2, 0) is 27.4 Å². The van der Waals surface area contributed by atoms with Crippen molar-refractivity contribution >= 4 is 29.5 Å². The second-order valence-corrected chi connectivity index (χ2v) is 10.9. The molecule has 4 rings (SSSR count). The van der Waals surface area contributed by atoms with Crippen molar-refractivity contribution in [2.45, 2.75) is 58.2 Å². The molecule has 1 fully saturated rings. The van der Waals surface area contributed by atoms with Crippen LogP contribution in [-0.4, -0.2) is 64.5 Å². The number of likely N-dealkylation sites (tertiary alicyclic amines) is 1. The molecule has 43 heavy (non-hydrogen) atoms. The Morgan fingerprint density at radius 2 is 1.63 bits per heavy atom. The van der Waals surface area contributed by atoms with E-state index in [2.05, 4.69) is 15.6 Å². The highest BCUT2D eigenvalue weighted by Gasteiger charge is 2.32. The molecule has 2 atom stereocenters. The summed E-state index contributed by atoms with van der Waals surface area (Å²) in [5.41, 5.74) is 1.67. The van der Waals surface area contributed by atoms with E-state index < -0.39 is 35.8 Å². The first-order valence-electron chi connectivity index (χ1n) is 14.3. The molecule has 3 aromatic rings. The molecule has 1 saturated heterocycles. The van der Waals surface area contributed by atoms with Crippen LogP contribution in [0.15, 0.2) is 71.3 Å². The number of oxazole rings is 1. The molecular weight excluding hydrogens is 552 g/mol. The predicted molar refractivity (Wildman–Crippen MR) is 156 cm³/mol. The zero-order chi connectivity index (χ0) is 30.8. The van der Waals surface area contributed by atoms with E-state index in [4.69, 9.17) is 9.15 Å². The fourth-order valence-electron chi connectivity index (χ4n) is 4.71. The second kappa shape index (κ2) is 14.9. The molecule has 0 radical (unpaired) electrons. The number of ketones is 2. The third kappa shape index (κ3) is 9.09. The van der Waals surface area contributed by atoms with Crippen LogP contribution in [0.2, 0.25) is 0 Å². The molecule has 3 amide bonds. The molecule has 0 spiro atoms. The van der Waals surface area contributed by atoms with E-state index in [-0.39, 0.29) is 55.8 Å². The molecule has 11 nitrogen and oxygen atoms in total. The third-order valence-corrected chi connectivity index (χ3v) is 6.97. The maximum atomic E-state index is 13.6. The van der Waals surface area contributed by atoms with Gasteiger partial charge in [0.05, 0.1) is 12.6 Å². The Hall–Kier alpha value is -4.80. The van der Waals surface area contributed by atoms with Crippen LogP contribution in [0.25, 0.3) is 0 Å². The van der Waals surface area contributed by atoms with Crippen molar-refractivity contribution in [3.05, 3.63) is 89.6 Å². The smallest absolute Gasteiger partial charge is 0.408 e. The average Bonchev–Trinajstić information content (AvgIpc) is 3.68. The average molecular weight is 589 g/mol. The van der Waals surface area contributed by atoms with Crippen LogP contribution in [0.1, 0.15) is 65.4 Å². The Morgan fingerprint density at radius 1 is 0.953 bits per heavy atom. The molecule has 1 aliphatic heterocycles. The lowest BCUT2D eigenvalue weighted by Crippen LogP contribution is -2.52. The number of rotatable bonds is 13. The molecule has 2 N–H and O–H groups in total. The van der Waals surface area contributed by atoms with Crippen LogP contribution in [0.5, 0.6) is 0 Å². The van der Waals surface area contributed by atoms with E-state index in [9.17, 15) is 24.0 Å². The highest BCUT2D eigenvalue weighted by molar-refractivity contribution is 6.01. The van der Waals surface area contributed by atoms with Gasteiger partial charge in [-0.2, -0.15) is 0 Å². The van der Waals surface area contributed by atoms with Crippen LogP contribution in [0.4, 0.5) is 4.79 Å². The van der Waals surface area contributed by atoms with E-state index in [1.165, 1.54) is 4.90 Å². The first-order valence-corrected chi connectivity index (χ1v) is 14.3. The molecule has 2 aromatic carbocycles. The van der Waals surface area contributed by atoms with Gasteiger partial charge in [-0.25, -0.2) is 9.78 Å². The maximum Gasteiger partial charge on any atom is 0.408 e. The summed E-state index contributed by atoms with van der Waals surface area (Å²) in [7, 11) is 0. The quantitative estimate of drug-likeness (QED) is 0.287. The summed E-state index contributed by atoms with van der Waals surface area (Å²) < 4.78 is 10.7. The summed E-state index contributed by atoms with van der Waals surface area (Å²) in [6.07, 6.45) is 1.58. The number of hydrogen-bond donors (Lipinski definition) is 2. The van der Waals surface area contributed by atoms with Gasteiger partial charge in [0, 0.05) is 13.0 Å². The number of aromatic nitrogens is 1. The number of carbonyl (C=O) groups excluding carboxylic acids is 5. The van der Waals surface area contributed by atoms with Crippen molar-refractivity contribution in [1.82, 2.24) is 20.5 Å². The maximum absolute atomic E-state index is 13.6. The monoisotopic (exact) mass is 588 g/mol. The molecule has 11 heteroatoms. The van der Waals surface area contributed by atoms with Gasteiger partial charge in [-0.15, -0.1) is 0 Å². The number of aryl methyl sites for hydroxylation is 1. The van der Waals surface area contributed by atoms with Gasteiger partial charge >= 0.3 is 6.09 Å². The molecule has 0 bridgehead atoms. The largest absolute Gasteiger partial charge is 0.445 e. The summed E-state index contributed by atoms with van der Waals surface area (Å²) in [6, 6.07) is 16.6. The number of amides is 3. The minimum absolute atomic E-state index is 0.0112. The number of hydrogen-bond acceptors (Lipinski definition) is 8. The van der Waals surface area contributed by atoms with Crippen molar-refractivity contribution in [3.8, 4) is 0 Å². The predicted octanol–water partition coefficient (Wildman–Crippen LogP) is 3.73. The Balaban J connectivity index is 1.47. The van der Waals surface area contributed by atoms with E-state index in [1.54, 1.807) is 0 Å². The summed E-state index contributed by atoms with van der Waals surface area (Å²) >= 11 is 0. The number of Topliss-reactive ketones (excluding diaryl/α,β-unsaturated/α-hetero) is 2. The van der Waals surface area contributed by atoms with Crippen molar-refractivity contribution in [1.29, 1.82) is 0 Å². The molecule has 1 aromatic heterocycles. The molecule has 226 valence electrons. The number of alkyl carbamates (subject to hydrolysis) is 1. The lowest BCUT2D eigenvalue weighted by molar-refractivity contribution is -0.124. The molecule has 1 aliphatic rings. The lowest BCUT2D eigenvalue weighted by Gasteiger charge is -2.23. The van der Waals surface area contributed by atoms with Crippen LogP contribution >= 0.6 is 0 Å². The first kappa shape index (κ1) is 31.1. The van der Waals surface area contributed by atoms with E-state index in [1.807, 2.05) is 74.5 Å². The number of ether oxygens (including phenoxy) is 1. The van der Waals surface area contributed by atoms with E-state index >= 15 is 0 Å². The Kier molecular flexibility index (Phi) is 10.8. The van der Waals surface area contributed by atoms with Crippen LogP contribution in [0, 0.1) is 5.92 Å². The second-order valence-electron chi connectivity index (χ2n) is 10.9.